The van der Waals surface area contributed by atoms with Crippen molar-refractivity contribution < 1.29 is 9.53 Å². The average molecular weight is 310 g/mol. The summed E-state index contributed by atoms with van der Waals surface area (Å²) in [5.41, 5.74) is -0.452. The molecule has 22 heavy (non-hydrogen) atoms. The van der Waals surface area contributed by atoms with Gasteiger partial charge in [-0.3, -0.25) is 9.89 Å². The molecule has 2 rings (SSSR count). The molecular formula is C16H30N4O2. The lowest BCUT2D eigenvalue weighted by Gasteiger charge is -2.32. The maximum Gasteiger partial charge on any atom is 0.410 e. The number of hydrogen-bond donors (Lipinski definition) is 1. The van der Waals surface area contributed by atoms with E-state index in [0.29, 0.717) is 25.6 Å². The van der Waals surface area contributed by atoms with Crippen molar-refractivity contribution in [3.63, 3.8) is 0 Å². The molecule has 2 aliphatic heterocycles. The number of amides is 1. The third-order valence-corrected chi connectivity index (χ3v) is 3.98. The maximum absolute atomic E-state index is 12.1. The van der Waals surface area contributed by atoms with Gasteiger partial charge in [-0.05, 0) is 53.1 Å². The molecule has 1 amide bonds. The molecule has 6 nitrogen and oxygen atoms in total. The Balaban J connectivity index is 1.78. The lowest BCUT2D eigenvalue weighted by molar-refractivity contribution is 0.0276. The van der Waals surface area contributed by atoms with Crippen LogP contribution >= 0.6 is 0 Å². The molecule has 0 aliphatic carbocycles. The highest BCUT2D eigenvalue weighted by Gasteiger charge is 2.25. The second kappa shape index (κ2) is 7.31. The van der Waals surface area contributed by atoms with Crippen LogP contribution in [0.5, 0.6) is 0 Å². The van der Waals surface area contributed by atoms with Gasteiger partial charge >= 0.3 is 6.09 Å². The standard InChI is InChI=1S/C16H30N4O2/c1-16(2,3)22-15(21)20-9-7-17-14(12-20)18-10-13-6-5-8-19(4)11-13/h13H,5-12H2,1-4H3,(H,17,18). The van der Waals surface area contributed by atoms with Gasteiger partial charge in [0.2, 0.25) is 0 Å². The van der Waals surface area contributed by atoms with E-state index in [1.165, 1.54) is 19.4 Å². The van der Waals surface area contributed by atoms with Crippen molar-refractivity contribution in [3.05, 3.63) is 0 Å². The van der Waals surface area contributed by atoms with Gasteiger partial charge in [0.05, 0.1) is 13.1 Å². The van der Waals surface area contributed by atoms with Crippen molar-refractivity contribution in [1.29, 1.82) is 0 Å². The molecular weight excluding hydrogens is 280 g/mol. The van der Waals surface area contributed by atoms with Gasteiger partial charge in [0.1, 0.15) is 11.4 Å². The normalized spacial score (nSPS) is 23.9. The summed E-state index contributed by atoms with van der Waals surface area (Å²) in [5.74, 6) is 1.57. The van der Waals surface area contributed by atoms with E-state index in [9.17, 15) is 4.79 Å². The Morgan fingerprint density at radius 3 is 2.86 bits per heavy atom. The fourth-order valence-electron chi connectivity index (χ4n) is 2.91. The summed E-state index contributed by atoms with van der Waals surface area (Å²) in [4.78, 5) is 20.7. The first-order chi connectivity index (χ1) is 10.3. The van der Waals surface area contributed by atoms with Gasteiger partial charge in [-0.2, -0.15) is 0 Å². The van der Waals surface area contributed by atoms with Crippen LogP contribution in [0.1, 0.15) is 33.6 Å². The summed E-state index contributed by atoms with van der Waals surface area (Å²) in [7, 11) is 2.18. The summed E-state index contributed by atoms with van der Waals surface area (Å²) in [5, 5.41) is 3.43. The molecule has 1 saturated heterocycles. The highest BCUT2D eigenvalue weighted by Crippen LogP contribution is 2.14. The molecule has 0 aromatic carbocycles. The van der Waals surface area contributed by atoms with Crippen molar-refractivity contribution in [2.24, 2.45) is 10.9 Å². The average Bonchev–Trinajstić information content (AvgIpc) is 2.44. The van der Waals surface area contributed by atoms with Gasteiger partial charge in [-0.15, -0.1) is 0 Å². The van der Waals surface area contributed by atoms with E-state index in [-0.39, 0.29) is 6.09 Å². The Kier molecular flexibility index (Phi) is 5.67. The molecule has 0 saturated carbocycles. The van der Waals surface area contributed by atoms with Gasteiger partial charge < -0.3 is 15.0 Å². The molecule has 1 unspecified atom stereocenters. The van der Waals surface area contributed by atoms with Crippen LogP contribution in [0, 0.1) is 5.92 Å². The number of ether oxygens (including phenoxy) is 1. The summed E-state index contributed by atoms with van der Waals surface area (Å²) in [6, 6.07) is 0. The molecule has 0 radical (unpaired) electrons. The van der Waals surface area contributed by atoms with E-state index < -0.39 is 5.60 Å². The zero-order valence-corrected chi connectivity index (χ0v) is 14.4. The summed E-state index contributed by atoms with van der Waals surface area (Å²) in [6.45, 7) is 10.7. The van der Waals surface area contributed by atoms with E-state index in [1.54, 1.807) is 4.90 Å². The number of carbonyl (C=O) groups excluding carboxylic acids is 1. The quantitative estimate of drug-likeness (QED) is 0.841. The molecule has 2 aliphatic rings. The smallest absolute Gasteiger partial charge is 0.410 e. The number of nitrogens with zero attached hydrogens (tertiary/aromatic N) is 3. The second-order valence-corrected chi connectivity index (χ2v) is 7.38. The molecule has 2 heterocycles. The van der Waals surface area contributed by atoms with E-state index in [0.717, 1.165) is 18.9 Å². The largest absolute Gasteiger partial charge is 0.444 e. The van der Waals surface area contributed by atoms with Crippen LogP contribution in [-0.2, 0) is 4.74 Å². The molecule has 0 spiro atoms. The lowest BCUT2D eigenvalue weighted by atomic mass is 9.98. The minimum Gasteiger partial charge on any atom is -0.444 e. The number of aliphatic imine (C=N–C) groups is 1. The zero-order valence-electron chi connectivity index (χ0n) is 14.4. The lowest BCUT2D eigenvalue weighted by Crippen LogP contribution is -2.48. The molecule has 6 heteroatoms. The Morgan fingerprint density at radius 1 is 1.41 bits per heavy atom. The van der Waals surface area contributed by atoms with Crippen LogP contribution in [0.15, 0.2) is 4.99 Å². The minimum atomic E-state index is -0.452. The van der Waals surface area contributed by atoms with Gasteiger partial charge in [-0.1, -0.05) is 0 Å². The number of carbonyl (C=O) groups is 1. The van der Waals surface area contributed by atoms with Crippen LogP contribution < -0.4 is 5.32 Å². The predicted octanol–water partition coefficient (Wildman–Crippen LogP) is 1.57. The van der Waals surface area contributed by atoms with Crippen molar-refractivity contribution in [1.82, 2.24) is 15.1 Å². The fraction of sp³-hybridized carbons (Fsp3) is 0.875. The first-order valence-corrected chi connectivity index (χ1v) is 8.27. The molecule has 1 N–H and O–H groups in total. The van der Waals surface area contributed by atoms with Gasteiger partial charge in [-0.25, -0.2) is 4.79 Å². The Labute approximate surface area is 133 Å². The molecule has 0 aromatic rings. The first-order valence-electron chi connectivity index (χ1n) is 8.27. The number of likely N-dealkylation sites (tertiary alicyclic amines) is 1. The van der Waals surface area contributed by atoms with Gasteiger partial charge in [0.25, 0.3) is 0 Å². The van der Waals surface area contributed by atoms with Crippen molar-refractivity contribution >= 4 is 11.9 Å². The zero-order chi connectivity index (χ0) is 16.2. The van der Waals surface area contributed by atoms with Crippen LogP contribution in [-0.4, -0.2) is 73.6 Å². The third kappa shape index (κ3) is 5.48. The third-order valence-electron chi connectivity index (χ3n) is 3.98. The monoisotopic (exact) mass is 310 g/mol. The van der Waals surface area contributed by atoms with Crippen LogP contribution in [0.2, 0.25) is 0 Å². The molecule has 126 valence electrons. The Morgan fingerprint density at radius 2 is 2.18 bits per heavy atom. The fourth-order valence-corrected chi connectivity index (χ4v) is 2.91. The number of piperidine rings is 1. The van der Waals surface area contributed by atoms with Crippen LogP contribution in [0.25, 0.3) is 0 Å². The van der Waals surface area contributed by atoms with E-state index in [2.05, 4.69) is 22.3 Å². The predicted molar refractivity (Wildman–Crippen MR) is 88.3 cm³/mol. The number of hydrogen-bond acceptors (Lipinski definition) is 5. The maximum atomic E-state index is 12.1. The SMILES string of the molecule is CN1CCCC(CNC2=NCCN(C(=O)OC(C)(C)C)C2)C1. The number of amidine groups is 1. The molecule has 0 aromatic heterocycles. The Bertz CT molecular complexity index is 417. The van der Waals surface area contributed by atoms with Gasteiger partial charge in [0, 0.05) is 19.6 Å². The molecule has 0 bridgehead atoms. The van der Waals surface area contributed by atoms with E-state index in [1.807, 2.05) is 20.8 Å². The van der Waals surface area contributed by atoms with Crippen LogP contribution in [0.3, 0.4) is 0 Å². The highest BCUT2D eigenvalue weighted by atomic mass is 16.6. The van der Waals surface area contributed by atoms with Crippen molar-refractivity contribution in [2.45, 2.75) is 39.2 Å². The van der Waals surface area contributed by atoms with Gasteiger partial charge in [0.15, 0.2) is 0 Å². The number of nitrogens with one attached hydrogen (secondary N) is 1. The Hall–Kier alpha value is -1.30. The summed E-state index contributed by atoms with van der Waals surface area (Å²) < 4.78 is 5.43. The van der Waals surface area contributed by atoms with E-state index in [4.69, 9.17) is 4.74 Å². The highest BCUT2D eigenvalue weighted by molar-refractivity contribution is 5.87. The topological polar surface area (TPSA) is 57.2 Å². The minimum absolute atomic E-state index is 0.251. The van der Waals surface area contributed by atoms with Crippen molar-refractivity contribution in [3.8, 4) is 0 Å². The van der Waals surface area contributed by atoms with E-state index >= 15 is 0 Å². The summed E-state index contributed by atoms with van der Waals surface area (Å²) in [6.07, 6.45) is 2.28. The summed E-state index contributed by atoms with van der Waals surface area (Å²) >= 11 is 0. The second-order valence-electron chi connectivity index (χ2n) is 7.38. The first kappa shape index (κ1) is 17.1. The molecule has 1 fully saturated rings. The number of rotatable bonds is 2. The molecule has 1 atom stereocenters. The van der Waals surface area contributed by atoms with Crippen molar-refractivity contribution in [2.75, 3.05) is 46.3 Å². The van der Waals surface area contributed by atoms with Crippen LogP contribution in [0.4, 0.5) is 4.79 Å².